The van der Waals surface area contributed by atoms with E-state index in [1.54, 1.807) is 0 Å². The molecule has 0 saturated carbocycles. The monoisotopic (exact) mass is 685 g/mol. The Bertz CT molecular complexity index is 17.8. The second-order valence-corrected chi connectivity index (χ2v) is 0. The van der Waals surface area contributed by atoms with Gasteiger partial charge in [0.25, 0.3) is 0 Å². The average molecular weight is 687 g/mol. The fourth-order valence-electron chi connectivity index (χ4n) is 0. The maximum absolute atomic E-state index is 0. The van der Waals surface area contributed by atoms with Gasteiger partial charge in [-0.25, -0.2) is 0 Å². The van der Waals surface area contributed by atoms with E-state index < -0.39 is 0 Å². The molecule has 0 aliphatic carbocycles. The van der Waals surface area contributed by atoms with Crippen molar-refractivity contribution in [2.24, 2.45) is 0 Å². The van der Waals surface area contributed by atoms with Crippen molar-refractivity contribution in [2.45, 2.75) is 0 Å². The Hall–Kier alpha value is 7.00. The van der Waals surface area contributed by atoms with E-state index in [-0.39, 0.29) is 232 Å². The van der Waals surface area contributed by atoms with Gasteiger partial charge in [-0.05, 0) is 0 Å². The quantitative estimate of drug-likeness (QED) is 0.260. The fraction of sp³-hybridized carbons (Fsp3) is 0. The van der Waals surface area contributed by atoms with Crippen LogP contribution in [-0.4, -0.2) is 97.8 Å². The van der Waals surface area contributed by atoms with E-state index in [0.717, 1.165) is 0 Å². The topological polar surface area (TPSA) is 85.5 Å². The third-order valence-corrected chi connectivity index (χ3v) is 0. The van der Waals surface area contributed by atoms with E-state index in [9.17, 15) is 0 Å². The molecule has 0 aromatic heterocycles. The maximum atomic E-state index is 0. The van der Waals surface area contributed by atoms with E-state index in [1.807, 2.05) is 0 Å². The van der Waals surface area contributed by atoms with Crippen LogP contribution in [0.4, 0.5) is 0 Å². The van der Waals surface area contributed by atoms with Crippen LogP contribution >= 0.6 is 0 Å². The number of hydrogen-bond acceptors (Lipinski definition) is 0. The largest absolute Gasteiger partial charge is 3.00 e. The van der Waals surface area contributed by atoms with Crippen molar-refractivity contribution in [2.75, 3.05) is 0 Å². The normalized spacial score (nSPS) is 0. The molecule has 9 heavy (non-hydrogen) atoms. The molecule has 0 spiro atoms. The molecule has 0 aromatic rings. The van der Waals surface area contributed by atoms with Gasteiger partial charge in [0.15, 0.2) is 0 Å². The summed E-state index contributed by atoms with van der Waals surface area (Å²) < 4.78 is 0. The third kappa shape index (κ3) is 51.7. The van der Waals surface area contributed by atoms with E-state index in [0.29, 0.717) is 0 Å². The molecule has 3 nitrogen and oxygen atoms in total. The Labute approximate surface area is 224 Å². The Kier molecular flexibility index (Phi) is 490. The summed E-state index contributed by atoms with van der Waals surface area (Å²) in [6.07, 6.45) is 0. The van der Waals surface area contributed by atoms with Crippen molar-refractivity contribution in [1.29, 1.82) is 0 Å². The Morgan fingerprint density at radius 2 is 0.444 bits per heavy atom. The first-order valence-electron chi connectivity index (χ1n) is 0. The molecule has 9 heteroatoms. The molecule has 0 rings (SSSR count). The van der Waals surface area contributed by atoms with Gasteiger partial charge < -0.3 is 16.4 Å². The fourth-order valence-corrected chi connectivity index (χ4v) is 0. The molecule has 0 fully saturated rings. The van der Waals surface area contributed by atoms with Gasteiger partial charge in [-0.1, -0.05) is 0 Å². The minimum atomic E-state index is 0. The Morgan fingerprint density at radius 1 is 0.444 bits per heavy atom. The van der Waals surface area contributed by atoms with Crippen molar-refractivity contribution < 1.29 is 134 Å². The molecule has 0 atom stereocenters. The second-order valence-electron chi connectivity index (χ2n) is 0. The summed E-state index contributed by atoms with van der Waals surface area (Å²) in [4.78, 5) is 0. The van der Waals surface area contributed by atoms with Crippen LogP contribution < -0.4 is 0 Å². The van der Waals surface area contributed by atoms with Gasteiger partial charge in [-0.2, -0.15) is 0 Å². The van der Waals surface area contributed by atoms with Gasteiger partial charge in [0.1, 0.15) is 0 Å². The molecule has 0 amide bonds. The van der Waals surface area contributed by atoms with Crippen LogP contribution in [0.2, 0.25) is 0 Å². The van der Waals surface area contributed by atoms with Crippen molar-refractivity contribution in [3.63, 3.8) is 0 Å². The minimum Gasteiger partial charge on any atom is -2.00 e. The molecule has 0 saturated heterocycles. The van der Waals surface area contributed by atoms with Gasteiger partial charge in [0.05, 0.1) is 0 Å². The molecule has 40 valence electrons. The SMILES string of the molecule is [BaH2].[BaH2].[O-2].[O-2].[O-2].[Y+3].[Y+3].[Zr].[Zr]. The summed E-state index contributed by atoms with van der Waals surface area (Å²) in [6.45, 7) is 0. The first-order chi connectivity index (χ1) is 0. The summed E-state index contributed by atoms with van der Waals surface area (Å²) in [6, 6.07) is 0. The minimum absolute atomic E-state index is 0. The summed E-state index contributed by atoms with van der Waals surface area (Å²) >= 11 is 0. The summed E-state index contributed by atoms with van der Waals surface area (Å²) in [7, 11) is 0. The van der Waals surface area contributed by atoms with E-state index in [2.05, 4.69) is 0 Å². The predicted molar refractivity (Wildman–Crippen MR) is 19.1 cm³/mol. The molecular formula is H4Ba2O3Y2Zr2. The zero-order chi connectivity index (χ0) is 0. The molecule has 0 radical (unpaired) electrons. The Balaban J connectivity index is 0. The molecule has 0 aliphatic heterocycles. The van der Waals surface area contributed by atoms with Crippen LogP contribution in [0.1, 0.15) is 0 Å². The van der Waals surface area contributed by atoms with Crippen molar-refractivity contribution >= 4 is 97.8 Å². The number of rotatable bonds is 0. The zero-order valence-corrected chi connectivity index (χ0v) is 14.0. The molecular weight excluding hydrogens is 683 g/mol. The van der Waals surface area contributed by atoms with Gasteiger partial charge in [-0.3, -0.25) is 0 Å². The van der Waals surface area contributed by atoms with Crippen molar-refractivity contribution in [3.8, 4) is 0 Å². The van der Waals surface area contributed by atoms with E-state index in [4.69, 9.17) is 0 Å². The van der Waals surface area contributed by atoms with Gasteiger partial charge in [0.2, 0.25) is 0 Å². The zero-order valence-electron chi connectivity index (χ0n) is 3.38. The first-order valence-corrected chi connectivity index (χ1v) is 0. The molecule has 0 bridgehead atoms. The van der Waals surface area contributed by atoms with Crippen LogP contribution in [0.5, 0.6) is 0 Å². The molecule has 0 N–H and O–H groups in total. The van der Waals surface area contributed by atoms with Crippen LogP contribution in [-0.2, 0) is 134 Å². The smallest absolute Gasteiger partial charge is 2.00 e. The van der Waals surface area contributed by atoms with Crippen molar-refractivity contribution in [1.82, 2.24) is 0 Å². The molecule has 0 unspecified atom stereocenters. The number of hydrogen-bond donors (Lipinski definition) is 0. The molecule has 0 aliphatic rings. The Morgan fingerprint density at radius 3 is 0.444 bits per heavy atom. The van der Waals surface area contributed by atoms with Crippen LogP contribution in [0.15, 0.2) is 0 Å². The van der Waals surface area contributed by atoms with Gasteiger partial charge >= 0.3 is 163 Å². The first kappa shape index (κ1) is 73.5. The van der Waals surface area contributed by atoms with Crippen LogP contribution in [0.25, 0.3) is 0 Å². The van der Waals surface area contributed by atoms with Crippen LogP contribution in [0.3, 0.4) is 0 Å². The summed E-state index contributed by atoms with van der Waals surface area (Å²) in [5, 5.41) is 0. The second kappa shape index (κ2) is 60.0. The van der Waals surface area contributed by atoms with Gasteiger partial charge in [-0.15, -0.1) is 0 Å². The average Bonchev–Trinajstić information content (AvgIpc) is 0. The standard InChI is InChI=1S/2Ba.3O.2Y.2Zr.4H/q;;3*-2;2*+3;;;;;;. The molecule has 0 heterocycles. The van der Waals surface area contributed by atoms with Crippen LogP contribution in [0, 0.1) is 0 Å². The van der Waals surface area contributed by atoms with Gasteiger partial charge in [0, 0.05) is 52.4 Å². The summed E-state index contributed by atoms with van der Waals surface area (Å²) in [5.74, 6) is 0. The maximum Gasteiger partial charge on any atom is 3.00 e. The summed E-state index contributed by atoms with van der Waals surface area (Å²) in [5.41, 5.74) is 0. The molecule has 0 aromatic carbocycles. The third-order valence-electron chi connectivity index (χ3n) is 0. The predicted octanol–water partition coefficient (Wildman–Crippen LogP) is -2.20. The van der Waals surface area contributed by atoms with E-state index in [1.165, 1.54) is 0 Å². The van der Waals surface area contributed by atoms with Crippen molar-refractivity contribution in [3.05, 3.63) is 0 Å². The van der Waals surface area contributed by atoms with E-state index >= 15 is 0 Å².